The molecule has 232 valence electrons. The van der Waals surface area contributed by atoms with Gasteiger partial charge in [0.25, 0.3) is 5.91 Å². The van der Waals surface area contributed by atoms with Crippen molar-refractivity contribution in [3.8, 4) is 34.5 Å². The van der Waals surface area contributed by atoms with Gasteiger partial charge < -0.3 is 39.1 Å². The summed E-state index contributed by atoms with van der Waals surface area (Å²) in [7, 11) is 3.14. The van der Waals surface area contributed by atoms with Crippen LogP contribution in [0.1, 0.15) is 23.1 Å². The molecular formula is C33H37N3O8. The van der Waals surface area contributed by atoms with Crippen LogP contribution in [0.15, 0.2) is 54.6 Å². The smallest absolute Gasteiger partial charge is 0.258 e. The number of carbonyl (C=O) groups is 2. The SMILES string of the molecule is COc1cc2ccc1CNC(=O)CCc1ccc(c(OC)c1)OCC(=O)N[C@@H]1CN(Cc3ccc4c(c3)OCCO4)C[C@H]1O2. The van der Waals surface area contributed by atoms with E-state index >= 15 is 0 Å². The summed E-state index contributed by atoms with van der Waals surface area (Å²) in [6, 6.07) is 16.7. The maximum Gasteiger partial charge on any atom is 0.258 e. The predicted octanol–water partition coefficient (Wildman–Crippen LogP) is 2.86. The van der Waals surface area contributed by atoms with Gasteiger partial charge in [0.2, 0.25) is 5.91 Å². The summed E-state index contributed by atoms with van der Waals surface area (Å²) in [5, 5.41) is 6.10. The van der Waals surface area contributed by atoms with Crippen LogP contribution in [0.2, 0.25) is 0 Å². The lowest BCUT2D eigenvalue weighted by atomic mass is 10.1. The minimum Gasteiger partial charge on any atom is -0.496 e. The van der Waals surface area contributed by atoms with Crippen molar-refractivity contribution in [1.29, 1.82) is 0 Å². The van der Waals surface area contributed by atoms with E-state index in [0.29, 0.717) is 75.2 Å². The number of rotatable bonds is 4. The van der Waals surface area contributed by atoms with Crippen LogP contribution in [0.5, 0.6) is 34.5 Å². The maximum atomic E-state index is 13.1. The van der Waals surface area contributed by atoms with E-state index in [1.54, 1.807) is 20.3 Å². The van der Waals surface area contributed by atoms with E-state index in [0.717, 1.165) is 28.2 Å². The van der Waals surface area contributed by atoms with Gasteiger partial charge in [-0.25, -0.2) is 0 Å². The third-order valence-corrected chi connectivity index (χ3v) is 7.95. The monoisotopic (exact) mass is 603 g/mol. The summed E-state index contributed by atoms with van der Waals surface area (Å²) < 4.78 is 34.9. The first-order valence-corrected chi connectivity index (χ1v) is 14.8. The van der Waals surface area contributed by atoms with Crippen LogP contribution >= 0.6 is 0 Å². The van der Waals surface area contributed by atoms with Crippen molar-refractivity contribution in [2.24, 2.45) is 0 Å². The number of aryl methyl sites for hydroxylation is 1. The van der Waals surface area contributed by atoms with Gasteiger partial charge in [0.05, 0.1) is 20.3 Å². The van der Waals surface area contributed by atoms with Gasteiger partial charge >= 0.3 is 0 Å². The predicted molar refractivity (Wildman–Crippen MR) is 161 cm³/mol. The van der Waals surface area contributed by atoms with Crippen molar-refractivity contribution in [3.05, 3.63) is 71.3 Å². The van der Waals surface area contributed by atoms with Gasteiger partial charge in [0.1, 0.15) is 30.8 Å². The Labute approximate surface area is 256 Å². The van der Waals surface area contributed by atoms with E-state index in [1.165, 1.54) is 0 Å². The largest absolute Gasteiger partial charge is 0.496 e. The first kappa shape index (κ1) is 29.4. The second-order valence-corrected chi connectivity index (χ2v) is 11.0. The second kappa shape index (κ2) is 13.3. The van der Waals surface area contributed by atoms with Gasteiger partial charge in [-0.2, -0.15) is 0 Å². The Morgan fingerprint density at radius 1 is 0.818 bits per heavy atom. The molecule has 0 spiro atoms. The number of hydrogen-bond donors (Lipinski definition) is 2. The van der Waals surface area contributed by atoms with Crippen molar-refractivity contribution >= 4 is 11.8 Å². The van der Waals surface area contributed by atoms with Crippen LogP contribution < -0.4 is 39.1 Å². The molecule has 2 amide bonds. The molecular weight excluding hydrogens is 566 g/mol. The number of amides is 2. The Bertz CT molecular complexity index is 1510. The fourth-order valence-electron chi connectivity index (χ4n) is 5.72. The molecule has 6 heterocycles. The van der Waals surface area contributed by atoms with Crippen molar-refractivity contribution in [1.82, 2.24) is 15.5 Å². The van der Waals surface area contributed by atoms with Gasteiger partial charge in [-0.15, -0.1) is 0 Å². The number of nitrogens with zero attached hydrogens (tertiary/aromatic N) is 1. The zero-order valence-electron chi connectivity index (χ0n) is 24.9. The highest BCUT2D eigenvalue weighted by Crippen LogP contribution is 2.33. The topological polar surface area (TPSA) is 117 Å². The van der Waals surface area contributed by atoms with Crippen molar-refractivity contribution in [2.45, 2.75) is 38.1 Å². The van der Waals surface area contributed by atoms with E-state index in [9.17, 15) is 9.59 Å². The normalized spacial score (nSPS) is 20.5. The lowest BCUT2D eigenvalue weighted by Crippen LogP contribution is -2.46. The van der Waals surface area contributed by atoms with E-state index in [4.69, 9.17) is 28.4 Å². The highest BCUT2D eigenvalue weighted by molar-refractivity contribution is 5.78. The van der Waals surface area contributed by atoms with Crippen LogP contribution in [0, 0.1) is 0 Å². The van der Waals surface area contributed by atoms with Gasteiger partial charge in [-0.3, -0.25) is 14.5 Å². The summed E-state index contributed by atoms with van der Waals surface area (Å²) in [4.78, 5) is 28.0. The van der Waals surface area contributed by atoms with Crippen molar-refractivity contribution in [2.75, 3.05) is 47.1 Å². The van der Waals surface area contributed by atoms with Crippen molar-refractivity contribution in [3.63, 3.8) is 0 Å². The number of fused-ring (bicyclic) bond motifs is 1. The Balaban J connectivity index is 1.24. The number of carbonyl (C=O) groups excluding carboxylic acids is 2. The van der Waals surface area contributed by atoms with Crippen LogP contribution in [0.25, 0.3) is 0 Å². The van der Waals surface area contributed by atoms with Crippen LogP contribution in [0.3, 0.4) is 0 Å². The highest BCUT2D eigenvalue weighted by atomic mass is 16.6. The zero-order valence-corrected chi connectivity index (χ0v) is 24.9. The van der Waals surface area contributed by atoms with E-state index < -0.39 is 0 Å². The molecule has 0 radical (unpaired) electrons. The average Bonchev–Trinajstić information content (AvgIpc) is 3.41. The number of likely N-dealkylation sites (tertiary alicyclic amines) is 1. The summed E-state index contributed by atoms with van der Waals surface area (Å²) in [5.74, 6) is 3.32. The Hall–Kier alpha value is -4.64. The molecule has 11 nitrogen and oxygen atoms in total. The van der Waals surface area contributed by atoms with E-state index in [1.807, 2.05) is 48.5 Å². The summed E-state index contributed by atoms with van der Waals surface area (Å²) in [5.41, 5.74) is 2.83. The van der Waals surface area contributed by atoms with Crippen LogP contribution in [0.4, 0.5) is 0 Å². The Morgan fingerprint density at radius 3 is 2.48 bits per heavy atom. The van der Waals surface area contributed by atoms with Gasteiger partial charge in [-0.05, 0) is 53.9 Å². The first-order chi connectivity index (χ1) is 21.5. The molecule has 0 saturated carbocycles. The molecule has 2 N–H and O–H groups in total. The first-order valence-electron chi connectivity index (χ1n) is 14.8. The lowest BCUT2D eigenvalue weighted by molar-refractivity contribution is -0.124. The Kier molecular flexibility index (Phi) is 8.92. The van der Waals surface area contributed by atoms with E-state index in [2.05, 4.69) is 15.5 Å². The molecule has 6 aliphatic rings. The number of ether oxygens (including phenoxy) is 6. The molecule has 6 aliphatic heterocycles. The Morgan fingerprint density at radius 2 is 1.64 bits per heavy atom. The standard InChI is InChI=1S/C33H37N3O8/c1-39-28-15-24-7-6-23(28)16-34-32(37)10-5-21-3-8-26(29(13-21)40-2)43-20-33(38)35-25-18-36(19-31(25)44-24)17-22-4-9-27-30(14-22)42-12-11-41-27/h3-4,6-9,13-15,25,31H,5,10-12,16-20H2,1-2H3,(H,34,37)(H,35,38)/t25-,31-/m1/s1. The fourth-order valence-corrected chi connectivity index (χ4v) is 5.72. The molecule has 1 fully saturated rings. The fraction of sp³-hybridized carbons (Fsp3) is 0.394. The highest BCUT2D eigenvalue weighted by Gasteiger charge is 2.36. The molecule has 0 aliphatic carbocycles. The number of hydrogen-bond acceptors (Lipinski definition) is 9. The molecule has 9 rings (SSSR count). The third kappa shape index (κ3) is 6.94. The summed E-state index contributed by atoms with van der Waals surface area (Å²) >= 11 is 0. The zero-order chi connectivity index (χ0) is 30.5. The molecule has 1 saturated heterocycles. The summed E-state index contributed by atoms with van der Waals surface area (Å²) in [6.07, 6.45) is 0.491. The molecule has 44 heavy (non-hydrogen) atoms. The average molecular weight is 604 g/mol. The number of benzene rings is 3. The van der Waals surface area contributed by atoms with Gasteiger partial charge in [-0.1, -0.05) is 12.1 Å². The number of nitrogens with one attached hydrogen (secondary N) is 2. The molecule has 3 aromatic carbocycles. The molecule has 3 aromatic rings. The van der Waals surface area contributed by atoms with Gasteiger partial charge in [0, 0.05) is 44.2 Å². The van der Waals surface area contributed by atoms with Crippen LogP contribution in [-0.4, -0.2) is 76.0 Å². The minimum atomic E-state index is -0.342. The minimum absolute atomic E-state index is 0.0790. The quantitative estimate of drug-likeness (QED) is 0.465. The molecule has 2 atom stereocenters. The molecule has 11 heteroatoms. The molecule has 0 aromatic heterocycles. The maximum absolute atomic E-state index is 13.1. The van der Waals surface area contributed by atoms with Crippen molar-refractivity contribution < 1.29 is 38.0 Å². The molecule has 4 bridgehead atoms. The van der Waals surface area contributed by atoms with E-state index in [-0.39, 0.29) is 30.6 Å². The van der Waals surface area contributed by atoms with Crippen LogP contribution in [-0.2, 0) is 29.1 Å². The second-order valence-electron chi connectivity index (χ2n) is 11.0. The number of methoxy groups -OCH3 is 2. The van der Waals surface area contributed by atoms with Gasteiger partial charge in [0.15, 0.2) is 29.6 Å². The third-order valence-electron chi connectivity index (χ3n) is 7.95. The lowest BCUT2D eigenvalue weighted by Gasteiger charge is -2.22. The molecule has 0 unspecified atom stereocenters. The summed E-state index contributed by atoms with van der Waals surface area (Å²) in [6.45, 7) is 3.00.